The van der Waals surface area contributed by atoms with Gasteiger partial charge in [0, 0.05) is 45.0 Å². The molecule has 0 unspecified atom stereocenters. The van der Waals surface area contributed by atoms with E-state index in [2.05, 4.69) is 5.32 Å². The topological polar surface area (TPSA) is 57.6 Å². The van der Waals surface area contributed by atoms with Crippen molar-refractivity contribution in [3.8, 4) is 0 Å². The van der Waals surface area contributed by atoms with E-state index in [0.717, 1.165) is 6.92 Å². The summed E-state index contributed by atoms with van der Waals surface area (Å²) in [5.74, 6) is 0. The lowest BCUT2D eigenvalue weighted by Gasteiger charge is -2.38. The number of rotatable bonds is 3. The van der Waals surface area contributed by atoms with Gasteiger partial charge in [-0.15, -0.1) is 0 Å². The van der Waals surface area contributed by atoms with Gasteiger partial charge in [0.2, 0.25) is 0 Å². The van der Waals surface area contributed by atoms with Crippen molar-refractivity contribution in [2.24, 2.45) is 0 Å². The highest BCUT2D eigenvalue weighted by molar-refractivity contribution is 5.89. The first-order valence-electron chi connectivity index (χ1n) is 7.79. The fourth-order valence-corrected chi connectivity index (χ4v) is 2.57. The minimum atomic E-state index is -4.27. The Morgan fingerprint density at radius 3 is 2.42 bits per heavy atom. The molecule has 134 valence electrons. The molecule has 1 atom stereocenters. The largest absolute Gasteiger partial charge is 0.403 e. The molecule has 2 heterocycles. The Hall–Kier alpha value is -2.03. The molecule has 1 aromatic rings. The van der Waals surface area contributed by atoms with Gasteiger partial charge in [0.25, 0.3) is 5.56 Å². The number of hydrogen-bond acceptors (Lipinski definition) is 3. The van der Waals surface area contributed by atoms with Crippen LogP contribution in [0, 0.1) is 0 Å². The van der Waals surface area contributed by atoms with E-state index in [-0.39, 0.29) is 37.8 Å². The fraction of sp³-hybridized carbons (Fsp3) is 0.600. The van der Waals surface area contributed by atoms with Crippen LogP contribution in [-0.4, -0.2) is 58.8 Å². The Morgan fingerprint density at radius 1 is 1.25 bits per heavy atom. The number of carbonyl (C=O) groups is 1. The third-order valence-corrected chi connectivity index (χ3v) is 4.20. The number of aryl methyl sites for hydroxylation is 1. The zero-order chi connectivity index (χ0) is 17.9. The van der Waals surface area contributed by atoms with Crippen LogP contribution >= 0.6 is 0 Å². The normalized spacial score (nSPS) is 17.6. The Labute approximate surface area is 137 Å². The molecule has 1 N–H and O–H groups in total. The lowest BCUT2D eigenvalue weighted by molar-refractivity contribution is -0.181. The van der Waals surface area contributed by atoms with Gasteiger partial charge in [-0.05, 0) is 19.9 Å². The van der Waals surface area contributed by atoms with Crippen LogP contribution in [0.5, 0.6) is 0 Å². The molecule has 2 amide bonds. The van der Waals surface area contributed by atoms with Gasteiger partial charge < -0.3 is 14.8 Å². The molecular weight excluding hydrogens is 325 g/mol. The summed E-state index contributed by atoms with van der Waals surface area (Å²) >= 11 is 0. The van der Waals surface area contributed by atoms with E-state index in [1.165, 1.54) is 26.5 Å². The van der Waals surface area contributed by atoms with E-state index >= 15 is 0 Å². The molecule has 0 bridgehead atoms. The van der Waals surface area contributed by atoms with Crippen molar-refractivity contribution in [2.45, 2.75) is 32.6 Å². The molecule has 0 aliphatic carbocycles. The number of anilines is 1. The van der Waals surface area contributed by atoms with Gasteiger partial charge in [0.15, 0.2) is 0 Å². The summed E-state index contributed by atoms with van der Waals surface area (Å²) in [6, 6.07) is 0.975. The predicted octanol–water partition coefficient (Wildman–Crippen LogP) is 1.97. The second-order valence-corrected chi connectivity index (χ2v) is 5.71. The standard InChI is InChI=1S/C15H21F3N4O2/c1-3-20-10-12(4-5-13(20)23)19-14(24)22-8-6-21(7-9-22)11(2)15(16,17)18/h4-5,10-11H,3,6-9H2,1-2H3,(H,19,24)/t11-/m1/s1. The Bertz CT molecular complexity index is 636. The number of halogens is 3. The second kappa shape index (κ2) is 7.25. The smallest absolute Gasteiger partial charge is 0.322 e. The Kier molecular flexibility index (Phi) is 5.53. The SMILES string of the molecule is CCn1cc(NC(=O)N2CCN([C@H](C)C(F)(F)F)CC2)ccc1=O. The van der Waals surface area contributed by atoms with Crippen LogP contribution in [0.1, 0.15) is 13.8 Å². The van der Waals surface area contributed by atoms with Crippen molar-refractivity contribution in [3.63, 3.8) is 0 Å². The molecule has 6 nitrogen and oxygen atoms in total. The van der Waals surface area contributed by atoms with Crippen LogP contribution in [-0.2, 0) is 6.54 Å². The maximum atomic E-state index is 12.7. The number of alkyl halides is 3. The summed E-state index contributed by atoms with van der Waals surface area (Å²) in [6.45, 7) is 4.21. The lowest BCUT2D eigenvalue weighted by atomic mass is 10.2. The van der Waals surface area contributed by atoms with Crippen molar-refractivity contribution in [2.75, 3.05) is 31.5 Å². The summed E-state index contributed by atoms with van der Waals surface area (Å²) < 4.78 is 39.6. The number of nitrogens with zero attached hydrogens (tertiary/aromatic N) is 3. The van der Waals surface area contributed by atoms with E-state index < -0.39 is 12.2 Å². The molecule has 1 aliphatic rings. The molecule has 1 aromatic heterocycles. The number of amides is 2. The average molecular weight is 346 g/mol. The highest BCUT2D eigenvalue weighted by atomic mass is 19.4. The molecule has 1 aliphatic heterocycles. The van der Waals surface area contributed by atoms with Gasteiger partial charge in [-0.25, -0.2) is 4.79 Å². The maximum Gasteiger partial charge on any atom is 0.403 e. The number of piperazine rings is 1. The third kappa shape index (κ3) is 4.28. The first-order chi connectivity index (χ1) is 11.2. The molecular formula is C15H21F3N4O2. The first kappa shape index (κ1) is 18.3. The van der Waals surface area contributed by atoms with E-state index in [1.807, 2.05) is 6.92 Å². The molecule has 1 fully saturated rings. The molecule has 9 heteroatoms. The van der Waals surface area contributed by atoms with Crippen molar-refractivity contribution >= 4 is 11.7 Å². The van der Waals surface area contributed by atoms with Gasteiger partial charge in [0.05, 0.1) is 5.69 Å². The zero-order valence-electron chi connectivity index (χ0n) is 13.6. The van der Waals surface area contributed by atoms with Crippen molar-refractivity contribution < 1.29 is 18.0 Å². The van der Waals surface area contributed by atoms with Gasteiger partial charge in [-0.1, -0.05) is 0 Å². The number of pyridine rings is 1. The van der Waals surface area contributed by atoms with Crippen molar-refractivity contribution in [3.05, 3.63) is 28.7 Å². The fourth-order valence-electron chi connectivity index (χ4n) is 2.57. The first-order valence-corrected chi connectivity index (χ1v) is 7.79. The quantitative estimate of drug-likeness (QED) is 0.910. The second-order valence-electron chi connectivity index (χ2n) is 5.71. The summed E-state index contributed by atoms with van der Waals surface area (Å²) in [5.41, 5.74) is 0.317. The molecule has 24 heavy (non-hydrogen) atoms. The molecule has 0 spiro atoms. The highest BCUT2D eigenvalue weighted by Crippen LogP contribution is 2.25. The molecule has 0 aromatic carbocycles. The monoisotopic (exact) mass is 346 g/mol. The number of urea groups is 1. The van der Waals surface area contributed by atoms with Crippen LogP contribution in [0.15, 0.2) is 23.1 Å². The number of aromatic nitrogens is 1. The van der Waals surface area contributed by atoms with Crippen molar-refractivity contribution in [1.82, 2.24) is 14.4 Å². The summed E-state index contributed by atoms with van der Waals surface area (Å²) in [7, 11) is 0. The van der Waals surface area contributed by atoms with E-state index in [1.54, 1.807) is 6.20 Å². The number of nitrogens with one attached hydrogen (secondary N) is 1. The summed E-state index contributed by atoms with van der Waals surface area (Å²) in [4.78, 5) is 26.5. The third-order valence-electron chi connectivity index (χ3n) is 4.20. The average Bonchev–Trinajstić information content (AvgIpc) is 2.55. The predicted molar refractivity (Wildman–Crippen MR) is 84.1 cm³/mol. The highest BCUT2D eigenvalue weighted by Gasteiger charge is 2.41. The van der Waals surface area contributed by atoms with Crippen LogP contribution < -0.4 is 10.9 Å². The Balaban J connectivity index is 1.92. The van der Waals surface area contributed by atoms with Gasteiger partial charge in [-0.2, -0.15) is 13.2 Å². The van der Waals surface area contributed by atoms with Crippen LogP contribution in [0.4, 0.5) is 23.7 Å². The Morgan fingerprint density at radius 2 is 1.88 bits per heavy atom. The molecule has 2 rings (SSSR count). The molecule has 0 radical (unpaired) electrons. The molecule has 1 saturated heterocycles. The van der Waals surface area contributed by atoms with Gasteiger partial charge >= 0.3 is 12.2 Å². The van der Waals surface area contributed by atoms with E-state index in [0.29, 0.717) is 12.2 Å². The number of carbonyl (C=O) groups excluding carboxylic acids is 1. The van der Waals surface area contributed by atoms with Crippen LogP contribution in [0.2, 0.25) is 0 Å². The zero-order valence-corrected chi connectivity index (χ0v) is 13.6. The summed E-state index contributed by atoms with van der Waals surface area (Å²) in [5, 5.41) is 2.67. The summed E-state index contributed by atoms with van der Waals surface area (Å²) in [6.07, 6.45) is -2.72. The van der Waals surface area contributed by atoms with Crippen LogP contribution in [0.25, 0.3) is 0 Å². The van der Waals surface area contributed by atoms with Gasteiger partial charge in [-0.3, -0.25) is 9.69 Å². The maximum absolute atomic E-state index is 12.7. The van der Waals surface area contributed by atoms with E-state index in [9.17, 15) is 22.8 Å². The van der Waals surface area contributed by atoms with Gasteiger partial charge in [0.1, 0.15) is 6.04 Å². The molecule has 0 saturated carbocycles. The lowest BCUT2D eigenvalue weighted by Crippen LogP contribution is -2.55. The number of hydrogen-bond donors (Lipinski definition) is 1. The minimum absolute atomic E-state index is 0.162. The minimum Gasteiger partial charge on any atom is -0.322 e. The van der Waals surface area contributed by atoms with Crippen LogP contribution in [0.3, 0.4) is 0 Å². The van der Waals surface area contributed by atoms with Crippen molar-refractivity contribution in [1.29, 1.82) is 0 Å². The van der Waals surface area contributed by atoms with E-state index in [4.69, 9.17) is 0 Å².